The molecule has 0 N–H and O–H groups in total. The van der Waals surface area contributed by atoms with Crippen LogP contribution >= 0.6 is 0 Å². The third-order valence-corrected chi connectivity index (χ3v) is 2.44. The van der Waals surface area contributed by atoms with Gasteiger partial charge in [0, 0.05) is 31.1 Å². The predicted octanol–water partition coefficient (Wildman–Crippen LogP) is 2.76. The van der Waals surface area contributed by atoms with Crippen molar-refractivity contribution in [3.05, 3.63) is 58.8 Å². The normalized spacial score (nSPS) is 9.94. The van der Waals surface area contributed by atoms with E-state index in [1.807, 2.05) is 30.1 Å². The number of aromatic nitrogens is 1. The molecule has 17 heavy (non-hydrogen) atoms. The number of rotatable bonds is 3. The van der Waals surface area contributed by atoms with Gasteiger partial charge in [-0.1, -0.05) is 6.07 Å². The lowest BCUT2D eigenvalue weighted by Gasteiger charge is -2.17. The predicted molar refractivity (Wildman–Crippen MR) is 65.4 cm³/mol. The first-order chi connectivity index (χ1) is 8.18. The maximum absolute atomic E-state index is 10.5. The van der Waals surface area contributed by atoms with E-state index in [1.54, 1.807) is 18.3 Å². The molecule has 0 aliphatic carbocycles. The quantitative estimate of drug-likeness (QED) is 0.599. The van der Waals surface area contributed by atoms with E-state index < -0.39 is 4.92 Å². The van der Waals surface area contributed by atoms with Crippen LogP contribution in [0.5, 0.6) is 0 Å². The van der Waals surface area contributed by atoms with Crippen LogP contribution in [0.15, 0.2) is 48.7 Å². The van der Waals surface area contributed by atoms with E-state index in [1.165, 1.54) is 12.1 Å². The molecule has 1 heterocycles. The molecule has 0 aliphatic heterocycles. The lowest BCUT2D eigenvalue weighted by Crippen LogP contribution is -2.10. The summed E-state index contributed by atoms with van der Waals surface area (Å²) >= 11 is 0. The Bertz CT molecular complexity index is 511. The lowest BCUT2D eigenvalue weighted by atomic mass is 10.2. The number of nitro benzene ring substituents is 1. The fraction of sp³-hybridized carbons (Fsp3) is 0.0833. The summed E-state index contributed by atoms with van der Waals surface area (Å²) in [5.74, 6) is 0.793. The molecule has 1 aromatic carbocycles. The van der Waals surface area contributed by atoms with Gasteiger partial charge in [0.2, 0.25) is 0 Å². The highest BCUT2D eigenvalue weighted by Crippen LogP contribution is 2.23. The van der Waals surface area contributed by atoms with Crippen LogP contribution in [-0.2, 0) is 0 Å². The summed E-state index contributed by atoms with van der Waals surface area (Å²) < 4.78 is 0. The van der Waals surface area contributed by atoms with Crippen LogP contribution in [0.2, 0.25) is 0 Å². The first-order valence-electron chi connectivity index (χ1n) is 5.08. The molecule has 0 saturated heterocycles. The van der Waals surface area contributed by atoms with E-state index in [2.05, 4.69) is 4.98 Å². The Morgan fingerprint density at radius 3 is 2.41 bits per heavy atom. The van der Waals surface area contributed by atoms with Crippen molar-refractivity contribution in [1.29, 1.82) is 0 Å². The van der Waals surface area contributed by atoms with Crippen LogP contribution in [0.25, 0.3) is 0 Å². The van der Waals surface area contributed by atoms with E-state index in [4.69, 9.17) is 0 Å². The monoisotopic (exact) mass is 229 g/mol. The molecule has 5 heteroatoms. The van der Waals surface area contributed by atoms with Crippen LogP contribution in [0, 0.1) is 10.1 Å². The van der Waals surface area contributed by atoms with Crippen LogP contribution in [0.1, 0.15) is 0 Å². The van der Waals surface area contributed by atoms with Gasteiger partial charge >= 0.3 is 0 Å². The van der Waals surface area contributed by atoms with Gasteiger partial charge in [-0.2, -0.15) is 0 Å². The highest BCUT2D eigenvalue weighted by Gasteiger charge is 2.08. The molecule has 0 radical (unpaired) electrons. The molecule has 0 atom stereocenters. The van der Waals surface area contributed by atoms with Crippen molar-refractivity contribution in [2.45, 2.75) is 0 Å². The molecular formula is C12H11N3O2. The van der Waals surface area contributed by atoms with Crippen LogP contribution < -0.4 is 4.90 Å². The standard InChI is InChI=1S/C12H11N3O2/c1-14(12-4-2-3-9-13-12)10-5-7-11(8-6-10)15(16)17/h2-9H,1H3. The van der Waals surface area contributed by atoms with Gasteiger partial charge < -0.3 is 4.90 Å². The smallest absolute Gasteiger partial charge is 0.269 e. The van der Waals surface area contributed by atoms with Crippen molar-refractivity contribution in [3.63, 3.8) is 0 Å². The maximum Gasteiger partial charge on any atom is 0.269 e. The summed E-state index contributed by atoms with van der Waals surface area (Å²) in [4.78, 5) is 16.2. The van der Waals surface area contributed by atoms with E-state index >= 15 is 0 Å². The van der Waals surface area contributed by atoms with Crippen molar-refractivity contribution in [2.75, 3.05) is 11.9 Å². The molecule has 0 unspecified atom stereocenters. The molecule has 0 bridgehead atoms. The van der Waals surface area contributed by atoms with Gasteiger partial charge in [-0.15, -0.1) is 0 Å². The molecule has 2 aromatic rings. The third-order valence-electron chi connectivity index (χ3n) is 2.44. The van der Waals surface area contributed by atoms with Crippen molar-refractivity contribution in [2.24, 2.45) is 0 Å². The Balaban J connectivity index is 2.26. The second-order valence-corrected chi connectivity index (χ2v) is 3.52. The van der Waals surface area contributed by atoms with E-state index in [-0.39, 0.29) is 5.69 Å². The average Bonchev–Trinajstić information content (AvgIpc) is 2.39. The van der Waals surface area contributed by atoms with Crippen molar-refractivity contribution in [1.82, 2.24) is 4.98 Å². The maximum atomic E-state index is 10.5. The second-order valence-electron chi connectivity index (χ2n) is 3.52. The Hall–Kier alpha value is -2.43. The summed E-state index contributed by atoms with van der Waals surface area (Å²) in [6, 6.07) is 12.0. The van der Waals surface area contributed by atoms with Gasteiger partial charge in [0.05, 0.1) is 4.92 Å². The first kappa shape index (κ1) is 11.1. The lowest BCUT2D eigenvalue weighted by molar-refractivity contribution is -0.384. The zero-order chi connectivity index (χ0) is 12.3. The van der Waals surface area contributed by atoms with E-state index in [0.717, 1.165) is 11.5 Å². The number of non-ortho nitro benzene ring substituents is 1. The summed E-state index contributed by atoms with van der Waals surface area (Å²) in [7, 11) is 1.86. The number of pyridine rings is 1. The van der Waals surface area contributed by atoms with Crippen molar-refractivity contribution in [3.8, 4) is 0 Å². The highest BCUT2D eigenvalue weighted by molar-refractivity contribution is 5.60. The third kappa shape index (κ3) is 2.39. The Morgan fingerprint density at radius 1 is 1.18 bits per heavy atom. The Kier molecular flexibility index (Phi) is 3.00. The zero-order valence-corrected chi connectivity index (χ0v) is 9.28. The first-order valence-corrected chi connectivity index (χ1v) is 5.08. The molecule has 0 saturated carbocycles. The largest absolute Gasteiger partial charge is 0.329 e. The van der Waals surface area contributed by atoms with Crippen LogP contribution in [0.4, 0.5) is 17.2 Å². The van der Waals surface area contributed by atoms with Crippen LogP contribution in [-0.4, -0.2) is 17.0 Å². The molecule has 0 fully saturated rings. The van der Waals surface area contributed by atoms with Gasteiger partial charge in [-0.25, -0.2) is 4.98 Å². The molecule has 86 valence electrons. The summed E-state index contributed by atoms with van der Waals surface area (Å²) in [5, 5.41) is 10.5. The van der Waals surface area contributed by atoms with Crippen LogP contribution in [0.3, 0.4) is 0 Å². The van der Waals surface area contributed by atoms with Gasteiger partial charge in [-0.3, -0.25) is 10.1 Å². The Morgan fingerprint density at radius 2 is 1.88 bits per heavy atom. The summed E-state index contributed by atoms with van der Waals surface area (Å²) in [6.07, 6.45) is 1.71. The number of nitro groups is 1. The number of benzene rings is 1. The summed E-state index contributed by atoms with van der Waals surface area (Å²) in [5.41, 5.74) is 0.942. The Labute approximate surface area is 98.5 Å². The molecule has 0 aliphatic rings. The van der Waals surface area contributed by atoms with E-state index in [0.29, 0.717) is 0 Å². The zero-order valence-electron chi connectivity index (χ0n) is 9.28. The average molecular weight is 229 g/mol. The molecule has 0 amide bonds. The molecular weight excluding hydrogens is 218 g/mol. The minimum atomic E-state index is -0.412. The van der Waals surface area contributed by atoms with Gasteiger partial charge in [0.25, 0.3) is 5.69 Å². The van der Waals surface area contributed by atoms with Gasteiger partial charge in [-0.05, 0) is 24.3 Å². The fourth-order valence-corrected chi connectivity index (χ4v) is 1.48. The topological polar surface area (TPSA) is 59.3 Å². The molecule has 5 nitrogen and oxygen atoms in total. The van der Waals surface area contributed by atoms with Crippen molar-refractivity contribution >= 4 is 17.2 Å². The second kappa shape index (κ2) is 4.61. The summed E-state index contributed by atoms with van der Waals surface area (Å²) in [6.45, 7) is 0. The van der Waals surface area contributed by atoms with Crippen molar-refractivity contribution < 1.29 is 4.92 Å². The van der Waals surface area contributed by atoms with Gasteiger partial charge in [0.1, 0.15) is 5.82 Å². The fourth-order valence-electron chi connectivity index (χ4n) is 1.48. The minimum Gasteiger partial charge on any atom is -0.329 e. The highest BCUT2D eigenvalue weighted by atomic mass is 16.6. The number of hydrogen-bond donors (Lipinski definition) is 0. The number of anilines is 2. The molecule has 0 spiro atoms. The van der Waals surface area contributed by atoms with Gasteiger partial charge in [0.15, 0.2) is 0 Å². The number of hydrogen-bond acceptors (Lipinski definition) is 4. The SMILES string of the molecule is CN(c1ccc([N+](=O)[O-])cc1)c1ccccn1. The molecule has 1 aromatic heterocycles. The number of nitrogens with zero attached hydrogens (tertiary/aromatic N) is 3. The molecule has 2 rings (SSSR count). The van der Waals surface area contributed by atoms with E-state index in [9.17, 15) is 10.1 Å². The minimum absolute atomic E-state index is 0.0863.